The number of carbonyl (C=O) groups is 1. The van der Waals surface area contributed by atoms with Gasteiger partial charge in [0.2, 0.25) is 15.9 Å². The number of sulfonamides is 1. The van der Waals surface area contributed by atoms with Gasteiger partial charge in [0, 0.05) is 38.5 Å². The molecule has 1 unspecified atom stereocenters. The maximum absolute atomic E-state index is 13.5. The van der Waals surface area contributed by atoms with Crippen LogP contribution in [0, 0.1) is 5.41 Å². The molecule has 0 N–H and O–H groups in total. The smallest absolute Gasteiger partial charge is 0.416 e. The number of rotatable bonds is 9. The Bertz CT molecular complexity index is 1370. The number of ether oxygens (including phenoxy) is 1. The van der Waals surface area contributed by atoms with E-state index >= 15 is 0 Å². The lowest BCUT2D eigenvalue weighted by Crippen LogP contribution is -2.50. The summed E-state index contributed by atoms with van der Waals surface area (Å²) in [4.78, 5) is 14.6. The van der Waals surface area contributed by atoms with E-state index in [9.17, 15) is 26.4 Å². The number of para-hydroxylation sites is 1. The minimum absolute atomic E-state index is 0.0256. The van der Waals surface area contributed by atoms with Crippen LogP contribution in [0.2, 0.25) is 0 Å². The molecule has 1 heterocycles. The van der Waals surface area contributed by atoms with Crippen molar-refractivity contribution in [3.63, 3.8) is 0 Å². The molecule has 0 radical (unpaired) electrons. The van der Waals surface area contributed by atoms with Crippen LogP contribution in [0.4, 0.5) is 13.2 Å². The van der Waals surface area contributed by atoms with Gasteiger partial charge in [-0.05, 0) is 48.7 Å². The van der Waals surface area contributed by atoms with Crippen molar-refractivity contribution in [2.45, 2.75) is 36.9 Å². The number of hydrogen-bond donors (Lipinski definition) is 0. The average Bonchev–Trinajstić information content (AvgIpc) is 2.93. The maximum atomic E-state index is 13.5. The van der Waals surface area contributed by atoms with E-state index in [0.717, 1.165) is 17.7 Å². The van der Waals surface area contributed by atoms with Gasteiger partial charge in [0.15, 0.2) is 0 Å². The predicted molar refractivity (Wildman–Crippen MR) is 141 cm³/mol. The van der Waals surface area contributed by atoms with Gasteiger partial charge in [-0.1, -0.05) is 54.6 Å². The highest BCUT2D eigenvalue weighted by molar-refractivity contribution is 7.89. The van der Waals surface area contributed by atoms with Crippen LogP contribution in [0.3, 0.4) is 0 Å². The number of benzene rings is 3. The first-order valence-corrected chi connectivity index (χ1v) is 14.1. The third-order valence-corrected chi connectivity index (χ3v) is 8.77. The first-order valence-electron chi connectivity index (χ1n) is 12.6. The van der Waals surface area contributed by atoms with Crippen LogP contribution in [0.1, 0.15) is 30.4 Å². The Kier molecular flexibility index (Phi) is 8.66. The molecule has 0 aliphatic carbocycles. The largest absolute Gasteiger partial charge is 0.493 e. The van der Waals surface area contributed by atoms with Gasteiger partial charge >= 0.3 is 6.18 Å². The van der Waals surface area contributed by atoms with Crippen molar-refractivity contribution in [1.82, 2.24) is 9.21 Å². The molecule has 4 rings (SSSR count). The Balaban J connectivity index is 1.59. The van der Waals surface area contributed by atoms with Gasteiger partial charge in [0.25, 0.3) is 0 Å². The summed E-state index contributed by atoms with van der Waals surface area (Å²) in [6.45, 7) is 0.557. The number of carbonyl (C=O) groups excluding carboxylic acids is 1. The van der Waals surface area contributed by atoms with Gasteiger partial charge in [-0.25, -0.2) is 8.42 Å². The van der Waals surface area contributed by atoms with Gasteiger partial charge in [-0.15, -0.1) is 0 Å². The minimum Gasteiger partial charge on any atom is -0.493 e. The zero-order valence-corrected chi connectivity index (χ0v) is 22.4. The lowest BCUT2D eigenvalue weighted by Gasteiger charge is -2.42. The van der Waals surface area contributed by atoms with E-state index in [0.29, 0.717) is 31.2 Å². The van der Waals surface area contributed by atoms with Crippen molar-refractivity contribution in [3.8, 4) is 5.75 Å². The average molecular weight is 561 g/mol. The molecule has 10 heteroatoms. The molecule has 0 spiro atoms. The van der Waals surface area contributed by atoms with Crippen LogP contribution in [-0.2, 0) is 27.5 Å². The summed E-state index contributed by atoms with van der Waals surface area (Å²) >= 11 is 0. The van der Waals surface area contributed by atoms with E-state index in [1.54, 1.807) is 24.1 Å². The number of amides is 1. The fourth-order valence-electron chi connectivity index (χ4n) is 4.82. The molecule has 1 aliphatic rings. The summed E-state index contributed by atoms with van der Waals surface area (Å²) in [7, 11) is -2.56. The molecule has 1 atom stereocenters. The molecule has 39 heavy (non-hydrogen) atoms. The lowest BCUT2D eigenvalue weighted by molar-refractivity contribution is -0.138. The van der Waals surface area contributed by atoms with Gasteiger partial charge in [0.1, 0.15) is 5.75 Å². The second-order valence-electron chi connectivity index (χ2n) is 9.98. The van der Waals surface area contributed by atoms with E-state index < -0.39 is 32.1 Å². The molecule has 0 aromatic heterocycles. The lowest BCUT2D eigenvalue weighted by atomic mass is 9.78. The summed E-state index contributed by atoms with van der Waals surface area (Å²) in [5.41, 5.74) is -0.942. The maximum Gasteiger partial charge on any atom is 0.416 e. The fourth-order valence-corrected chi connectivity index (χ4v) is 6.46. The van der Waals surface area contributed by atoms with E-state index in [4.69, 9.17) is 4.74 Å². The monoisotopic (exact) mass is 560 g/mol. The van der Waals surface area contributed by atoms with E-state index in [1.165, 1.54) is 10.4 Å². The van der Waals surface area contributed by atoms with Crippen molar-refractivity contribution in [3.05, 3.63) is 96.1 Å². The normalized spacial score (nSPS) is 18.5. The van der Waals surface area contributed by atoms with Crippen molar-refractivity contribution < 1.29 is 31.1 Å². The number of hydrogen-bond acceptors (Lipinski definition) is 4. The number of piperidine rings is 1. The Hall–Kier alpha value is -3.37. The topological polar surface area (TPSA) is 66.9 Å². The molecule has 208 valence electrons. The van der Waals surface area contributed by atoms with Crippen LogP contribution in [0.25, 0.3) is 0 Å². The summed E-state index contributed by atoms with van der Waals surface area (Å²) < 4.78 is 74.1. The molecule has 1 amide bonds. The highest BCUT2D eigenvalue weighted by Crippen LogP contribution is 2.38. The Morgan fingerprint density at radius 3 is 2.33 bits per heavy atom. The molecule has 1 saturated heterocycles. The molecule has 0 saturated carbocycles. The Morgan fingerprint density at radius 2 is 1.67 bits per heavy atom. The molecular weight excluding hydrogens is 529 g/mol. The predicted octanol–water partition coefficient (Wildman–Crippen LogP) is 5.60. The first-order chi connectivity index (χ1) is 18.5. The standard InChI is InChI=1S/C29H31F3N2O4S/c1-33(20-23-10-4-2-5-11-23)27(35)19-28(22-38-25-13-6-3-7-14-25)16-9-17-34(21-28)39(36,37)26-15-8-12-24(18-26)29(30,31)32/h2-8,10-15,18H,9,16-17,19-22H2,1H3. The highest BCUT2D eigenvalue weighted by atomic mass is 32.2. The number of alkyl halides is 3. The Morgan fingerprint density at radius 1 is 1.00 bits per heavy atom. The summed E-state index contributed by atoms with van der Waals surface area (Å²) in [5, 5.41) is 0. The van der Waals surface area contributed by atoms with Crippen LogP contribution >= 0.6 is 0 Å². The first kappa shape index (κ1) is 28.6. The highest BCUT2D eigenvalue weighted by Gasteiger charge is 2.43. The molecular formula is C29H31F3N2O4S. The summed E-state index contributed by atoms with van der Waals surface area (Å²) in [6, 6.07) is 22.3. The fraction of sp³-hybridized carbons (Fsp3) is 0.345. The van der Waals surface area contributed by atoms with Crippen LogP contribution in [0.5, 0.6) is 5.75 Å². The third-order valence-electron chi connectivity index (χ3n) is 6.93. The SMILES string of the molecule is CN(Cc1ccccc1)C(=O)CC1(COc2ccccc2)CCCN(S(=O)(=O)c2cccc(C(F)(F)F)c2)C1. The van der Waals surface area contributed by atoms with Crippen LogP contribution in [0.15, 0.2) is 89.8 Å². The second kappa shape index (κ2) is 11.8. The number of nitrogens with zero attached hydrogens (tertiary/aromatic N) is 2. The van der Waals surface area contributed by atoms with Crippen molar-refractivity contribution in [1.29, 1.82) is 0 Å². The van der Waals surface area contributed by atoms with E-state index in [2.05, 4.69) is 0 Å². The molecule has 1 aliphatic heterocycles. The van der Waals surface area contributed by atoms with E-state index in [-0.39, 0.29) is 32.0 Å². The summed E-state index contributed by atoms with van der Waals surface area (Å²) in [6.07, 6.45) is -3.68. The molecule has 3 aromatic carbocycles. The van der Waals surface area contributed by atoms with Gasteiger partial charge < -0.3 is 9.64 Å². The van der Waals surface area contributed by atoms with Crippen molar-refractivity contribution in [2.24, 2.45) is 5.41 Å². The molecule has 1 fully saturated rings. The number of halogens is 3. The zero-order chi connectivity index (χ0) is 28.1. The summed E-state index contributed by atoms with van der Waals surface area (Å²) in [5.74, 6) is 0.411. The Labute approximate surface area is 227 Å². The second-order valence-corrected chi connectivity index (χ2v) is 11.9. The minimum atomic E-state index is -4.67. The van der Waals surface area contributed by atoms with Gasteiger partial charge in [0.05, 0.1) is 17.1 Å². The third kappa shape index (κ3) is 7.19. The molecule has 6 nitrogen and oxygen atoms in total. The quantitative estimate of drug-likeness (QED) is 0.342. The molecule has 0 bridgehead atoms. The van der Waals surface area contributed by atoms with Crippen LogP contribution in [-0.4, -0.2) is 50.3 Å². The molecule has 3 aromatic rings. The van der Waals surface area contributed by atoms with Crippen LogP contribution < -0.4 is 4.74 Å². The van der Waals surface area contributed by atoms with E-state index in [1.807, 2.05) is 48.5 Å². The van der Waals surface area contributed by atoms with Crippen molar-refractivity contribution >= 4 is 15.9 Å². The van der Waals surface area contributed by atoms with Gasteiger partial charge in [-0.2, -0.15) is 17.5 Å². The van der Waals surface area contributed by atoms with Gasteiger partial charge in [-0.3, -0.25) is 4.79 Å². The van der Waals surface area contributed by atoms with Crippen molar-refractivity contribution in [2.75, 3.05) is 26.7 Å². The zero-order valence-electron chi connectivity index (χ0n) is 21.6.